The molecule has 0 bridgehead atoms. The van der Waals surface area contributed by atoms with Crippen molar-refractivity contribution in [3.63, 3.8) is 0 Å². The number of likely N-dealkylation sites (N-methyl/N-ethyl adjacent to an activating group) is 1. The van der Waals surface area contributed by atoms with Crippen LogP contribution in [0.15, 0.2) is 10.3 Å². The van der Waals surface area contributed by atoms with E-state index in [1.807, 2.05) is 0 Å². The van der Waals surface area contributed by atoms with E-state index in [4.69, 9.17) is 0 Å². The van der Waals surface area contributed by atoms with Crippen LogP contribution in [-0.2, 0) is 9.63 Å². The van der Waals surface area contributed by atoms with Crippen LogP contribution >= 0.6 is 0 Å². The lowest BCUT2D eigenvalue weighted by Gasteiger charge is -2.26. The topological polar surface area (TPSA) is 86.5 Å². The van der Waals surface area contributed by atoms with E-state index >= 15 is 0 Å². The zero-order chi connectivity index (χ0) is 12.6. The van der Waals surface area contributed by atoms with Crippen molar-refractivity contribution in [3.8, 4) is 0 Å². The van der Waals surface area contributed by atoms with Crippen LogP contribution in [0, 0.1) is 5.92 Å². The largest absolute Gasteiger partial charge is 0.399 e. The summed E-state index contributed by atoms with van der Waals surface area (Å²) in [5.41, 5.74) is 1.69. The molecule has 0 spiro atoms. The highest BCUT2D eigenvalue weighted by Crippen LogP contribution is 2.38. The number of amides is 1. The number of nitrogens with zero attached hydrogens (tertiary/aromatic N) is 3. The normalized spacial score (nSPS) is 29.6. The fourth-order valence-electron chi connectivity index (χ4n) is 2.11. The van der Waals surface area contributed by atoms with E-state index < -0.39 is 5.54 Å². The van der Waals surface area contributed by atoms with E-state index in [0.29, 0.717) is 11.4 Å². The first-order valence-electron chi connectivity index (χ1n) is 5.44. The molecule has 94 valence electrons. The fourth-order valence-corrected chi connectivity index (χ4v) is 2.11. The lowest BCUT2D eigenvalue weighted by molar-refractivity contribution is -0.133. The number of nitrogens with one attached hydrogen (secondary N) is 1. The minimum absolute atomic E-state index is 0.227. The average molecular weight is 240 g/mol. The monoisotopic (exact) mass is 240 g/mol. The van der Waals surface area contributed by atoms with Crippen molar-refractivity contribution in [1.29, 1.82) is 0 Å². The summed E-state index contributed by atoms with van der Waals surface area (Å²) in [6, 6.07) is 0. The second-order valence-corrected chi connectivity index (χ2v) is 4.31. The Morgan fingerprint density at radius 2 is 2.35 bits per heavy atom. The van der Waals surface area contributed by atoms with Crippen molar-refractivity contribution in [2.75, 3.05) is 14.2 Å². The van der Waals surface area contributed by atoms with Crippen LogP contribution in [0.1, 0.15) is 19.8 Å². The molecule has 1 amide bonds. The summed E-state index contributed by atoms with van der Waals surface area (Å²) in [7, 11) is 2.95. The molecule has 1 aliphatic heterocycles. The molecule has 1 saturated carbocycles. The molecule has 1 fully saturated rings. The third kappa shape index (κ3) is 1.62. The maximum absolute atomic E-state index is 12.2. The van der Waals surface area contributed by atoms with Crippen LogP contribution in [0.2, 0.25) is 0 Å². The molecule has 0 aromatic carbocycles. The number of oxime groups is 1. The smallest absolute Gasteiger partial charge is 0.276 e. The maximum Gasteiger partial charge on any atom is 0.276 e. The molecular weight excluding hydrogens is 224 g/mol. The second kappa shape index (κ2) is 4.08. The summed E-state index contributed by atoms with van der Waals surface area (Å²) in [5, 5.41) is 18.6. The molecule has 0 radical (unpaired) electrons. The number of carbonyl (C=O) groups excluding carboxylic acids is 1. The van der Waals surface area contributed by atoms with Gasteiger partial charge in [0, 0.05) is 13.0 Å². The average Bonchev–Trinajstić information content (AvgIpc) is 3.09. The highest BCUT2D eigenvalue weighted by Gasteiger charge is 2.57. The van der Waals surface area contributed by atoms with Gasteiger partial charge in [-0.25, -0.2) is 5.01 Å². The van der Waals surface area contributed by atoms with E-state index in [1.165, 1.54) is 12.1 Å². The lowest BCUT2D eigenvalue weighted by atomic mass is 9.86. The minimum Gasteiger partial charge on any atom is -0.399 e. The SMILES string of the molecule is CON=C(C)C1(NO)C(=O)N(C)N=C1C1CC1. The Morgan fingerprint density at radius 1 is 1.71 bits per heavy atom. The second-order valence-electron chi connectivity index (χ2n) is 4.31. The Labute approximate surface area is 99.1 Å². The zero-order valence-corrected chi connectivity index (χ0v) is 10.1. The summed E-state index contributed by atoms with van der Waals surface area (Å²) in [6.07, 6.45) is 1.95. The van der Waals surface area contributed by atoms with E-state index in [9.17, 15) is 10.0 Å². The molecule has 0 aromatic heterocycles. The Hall–Kier alpha value is -1.47. The molecular formula is C10H16N4O3. The van der Waals surface area contributed by atoms with E-state index in [2.05, 4.69) is 20.6 Å². The van der Waals surface area contributed by atoms with Crippen molar-refractivity contribution in [2.24, 2.45) is 16.2 Å². The van der Waals surface area contributed by atoms with Crippen molar-refractivity contribution in [3.05, 3.63) is 0 Å². The van der Waals surface area contributed by atoms with Gasteiger partial charge in [-0.15, -0.1) is 0 Å². The Morgan fingerprint density at radius 3 is 2.82 bits per heavy atom. The van der Waals surface area contributed by atoms with Crippen LogP contribution in [-0.4, -0.2) is 47.2 Å². The van der Waals surface area contributed by atoms with Crippen LogP contribution in [0.4, 0.5) is 0 Å². The van der Waals surface area contributed by atoms with Crippen molar-refractivity contribution in [1.82, 2.24) is 10.5 Å². The van der Waals surface area contributed by atoms with Crippen molar-refractivity contribution >= 4 is 17.3 Å². The summed E-state index contributed by atoms with van der Waals surface area (Å²) in [6.45, 7) is 1.63. The maximum atomic E-state index is 12.2. The molecule has 7 heteroatoms. The Kier molecular flexibility index (Phi) is 2.88. The number of hydroxylamine groups is 1. The standard InChI is InChI=1S/C10H16N4O3/c1-6(12-17-3)10(13-16)8(7-4-5-7)11-14(2)9(10)15/h7,13,16H,4-5H2,1-3H3. The molecule has 1 unspecified atom stereocenters. The number of carbonyl (C=O) groups is 1. The third-order valence-corrected chi connectivity index (χ3v) is 3.16. The molecule has 0 aromatic rings. The van der Waals surface area contributed by atoms with Gasteiger partial charge in [-0.2, -0.15) is 10.6 Å². The third-order valence-electron chi connectivity index (χ3n) is 3.16. The first-order chi connectivity index (χ1) is 8.07. The Bertz CT molecular complexity index is 402. The predicted octanol–water partition coefficient (Wildman–Crippen LogP) is -0.0357. The van der Waals surface area contributed by atoms with Gasteiger partial charge in [0.1, 0.15) is 7.11 Å². The zero-order valence-electron chi connectivity index (χ0n) is 10.1. The molecule has 2 aliphatic rings. The van der Waals surface area contributed by atoms with Crippen LogP contribution in [0.3, 0.4) is 0 Å². The van der Waals surface area contributed by atoms with E-state index in [-0.39, 0.29) is 11.8 Å². The van der Waals surface area contributed by atoms with Crippen LogP contribution in [0.5, 0.6) is 0 Å². The van der Waals surface area contributed by atoms with Gasteiger partial charge in [0.15, 0.2) is 0 Å². The molecule has 1 aliphatic carbocycles. The van der Waals surface area contributed by atoms with E-state index in [0.717, 1.165) is 12.8 Å². The van der Waals surface area contributed by atoms with Crippen molar-refractivity contribution in [2.45, 2.75) is 25.3 Å². The minimum atomic E-state index is -1.36. The number of hydrogen-bond acceptors (Lipinski definition) is 6. The summed E-state index contributed by atoms with van der Waals surface area (Å²) < 4.78 is 0. The molecule has 0 saturated heterocycles. The highest BCUT2D eigenvalue weighted by molar-refractivity contribution is 6.33. The molecule has 7 nitrogen and oxygen atoms in total. The Balaban J connectivity index is 2.46. The number of hydrogen-bond donors (Lipinski definition) is 2. The van der Waals surface area contributed by atoms with Gasteiger partial charge < -0.3 is 10.0 Å². The quantitative estimate of drug-likeness (QED) is 0.533. The number of rotatable bonds is 4. The van der Waals surface area contributed by atoms with Gasteiger partial charge >= 0.3 is 0 Å². The first-order valence-corrected chi connectivity index (χ1v) is 5.44. The lowest BCUT2D eigenvalue weighted by Crippen LogP contribution is -2.61. The summed E-state index contributed by atoms with van der Waals surface area (Å²) in [4.78, 5) is 16.9. The van der Waals surface area contributed by atoms with E-state index in [1.54, 1.807) is 14.0 Å². The van der Waals surface area contributed by atoms with Gasteiger partial charge in [-0.3, -0.25) is 4.79 Å². The van der Waals surface area contributed by atoms with Gasteiger partial charge in [-0.05, 0) is 19.8 Å². The molecule has 1 heterocycles. The van der Waals surface area contributed by atoms with Crippen molar-refractivity contribution < 1.29 is 14.8 Å². The summed E-state index contributed by atoms with van der Waals surface area (Å²) in [5.74, 6) is -0.120. The number of hydrazone groups is 1. The fraction of sp³-hybridized carbons (Fsp3) is 0.700. The first kappa shape index (κ1) is 12.0. The van der Waals surface area contributed by atoms with Gasteiger partial charge in [-0.1, -0.05) is 5.16 Å². The molecule has 17 heavy (non-hydrogen) atoms. The highest BCUT2D eigenvalue weighted by atomic mass is 16.6. The summed E-state index contributed by atoms with van der Waals surface area (Å²) >= 11 is 0. The molecule has 2 rings (SSSR count). The predicted molar refractivity (Wildman–Crippen MR) is 60.7 cm³/mol. The molecule has 1 atom stereocenters. The molecule has 2 N–H and O–H groups in total. The van der Waals surface area contributed by atoms with Crippen LogP contribution < -0.4 is 5.48 Å². The van der Waals surface area contributed by atoms with Gasteiger partial charge in [0.2, 0.25) is 5.54 Å². The van der Waals surface area contributed by atoms with Gasteiger partial charge in [0.25, 0.3) is 5.91 Å². The van der Waals surface area contributed by atoms with Gasteiger partial charge in [0.05, 0.1) is 11.4 Å². The van der Waals surface area contributed by atoms with Crippen LogP contribution in [0.25, 0.3) is 0 Å².